The van der Waals surface area contributed by atoms with E-state index in [1.165, 1.54) is 21.4 Å². The summed E-state index contributed by atoms with van der Waals surface area (Å²) in [5, 5.41) is 17.8. The van der Waals surface area contributed by atoms with Crippen molar-refractivity contribution in [2.24, 2.45) is 11.3 Å². The molecule has 2 aromatic heterocycles. The van der Waals surface area contributed by atoms with E-state index in [-0.39, 0.29) is 28.8 Å². The fourth-order valence-electron chi connectivity index (χ4n) is 5.15. The van der Waals surface area contributed by atoms with Crippen LogP contribution in [0.3, 0.4) is 0 Å². The maximum atomic E-state index is 13.3. The predicted molar refractivity (Wildman–Crippen MR) is 129 cm³/mol. The van der Waals surface area contributed by atoms with E-state index >= 15 is 0 Å². The predicted octanol–water partition coefficient (Wildman–Crippen LogP) is 1.79. The van der Waals surface area contributed by atoms with Crippen LogP contribution in [0.5, 0.6) is 5.88 Å². The molecule has 2 saturated heterocycles. The second-order valence-electron chi connectivity index (χ2n) is 10.5. The van der Waals surface area contributed by atoms with E-state index in [1.807, 2.05) is 18.7 Å². The minimum absolute atomic E-state index is 0.0449. The molecule has 5 rings (SSSR count). The van der Waals surface area contributed by atoms with Gasteiger partial charge in [-0.1, -0.05) is 13.8 Å². The van der Waals surface area contributed by atoms with E-state index in [4.69, 9.17) is 4.74 Å². The molecule has 188 valence electrons. The molecule has 2 aliphatic heterocycles. The van der Waals surface area contributed by atoms with Gasteiger partial charge in [0.2, 0.25) is 11.8 Å². The largest absolute Gasteiger partial charge is 0.492 e. The van der Waals surface area contributed by atoms with E-state index in [2.05, 4.69) is 10.4 Å². The second-order valence-corrected chi connectivity index (χ2v) is 10.5. The third-order valence-electron chi connectivity index (χ3n) is 7.31. The maximum Gasteiger partial charge on any atom is 0.270 e. The Morgan fingerprint density at radius 2 is 2.03 bits per heavy atom. The molecule has 3 aliphatic rings. The van der Waals surface area contributed by atoms with Gasteiger partial charge < -0.3 is 20.1 Å². The summed E-state index contributed by atoms with van der Waals surface area (Å²) in [5.74, 6) is -1.06. The minimum Gasteiger partial charge on any atom is -0.492 e. The smallest absolute Gasteiger partial charge is 0.270 e. The number of rotatable bonds is 6. The summed E-state index contributed by atoms with van der Waals surface area (Å²) in [6.45, 7) is 7.21. The summed E-state index contributed by atoms with van der Waals surface area (Å²) in [5.41, 5.74) is 0.173. The molecule has 0 unspecified atom stereocenters. The topological polar surface area (TPSA) is 118 Å². The maximum absolute atomic E-state index is 13.3. The van der Waals surface area contributed by atoms with Gasteiger partial charge in [-0.3, -0.25) is 19.0 Å². The average Bonchev–Trinajstić information content (AvgIpc) is 3.38. The fraction of sp³-hybridized carbons (Fsp3) is 0.600. The molecular weight excluding hydrogens is 450 g/mol. The number of likely N-dealkylation sites (tertiary alicyclic amines) is 1. The number of nitrogens with one attached hydrogen (secondary N) is 1. The molecular formula is C25H33N5O5. The summed E-state index contributed by atoms with van der Waals surface area (Å²) in [7, 11) is 0. The first-order valence-electron chi connectivity index (χ1n) is 12.5. The average molecular weight is 484 g/mol. The lowest BCUT2D eigenvalue weighted by Crippen LogP contribution is -2.36. The normalized spacial score (nSPS) is 19.9. The number of amides is 2. The molecule has 1 saturated carbocycles. The molecule has 3 fully saturated rings. The highest BCUT2D eigenvalue weighted by molar-refractivity contribution is 5.97. The van der Waals surface area contributed by atoms with Crippen LogP contribution in [0.15, 0.2) is 17.1 Å². The molecule has 0 radical (unpaired) electrons. The van der Waals surface area contributed by atoms with E-state index in [0.717, 1.165) is 58.4 Å². The third kappa shape index (κ3) is 4.59. The Balaban J connectivity index is 1.45. The number of ether oxygens (including phenoxy) is 1. The first-order chi connectivity index (χ1) is 16.8. The van der Waals surface area contributed by atoms with Crippen molar-refractivity contribution in [2.75, 3.05) is 26.3 Å². The van der Waals surface area contributed by atoms with Crippen LogP contribution in [0.1, 0.15) is 61.9 Å². The first-order valence-corrected chi connectivity index (χ1v) is 12.5. The number of carbonyl (C=O) groups excluding carboxylic acids is 2. The van der Waals surface area contributed by atoms with Crippen molar-refractivity contribution in [2.45, 2.75) is 58.5 Å². The zero-order valence-corrected chi connectivity index (χ0v) is 20.3. The van der Waals surface area contributed by atoms with Gasteiger partial charge in [-0.25, -0.2) is 0 Å². The second kappa shape index (κ2) is 9.14. The van der Waals surface area contributed by atoms with Crippen molar-refractivity contribution in [1.29, 1.82) is 0 Å². The molecule has 0 aromatic carbocycles. The van der Waals surface area contributed by atoms with E-state index in [0.29, 0.717) is 17.8 Å². The molecule has 2 N–H and O–H groups in total. The van der Waals surface area contributed by atoms with Gasteiger partial charge in [0.15, 0.2) is 5.56 Å². The molecule has 0 bridgehead atoms. The Kier molecular flexibility index (Phi) is 6.16. The SMILES string of the molecule is CC(C)Cn1c(=O)c(C(=O)NC2CC2)c(O)n2ncc(C=CC(=O)N3CCC4(CCOCC4)C3)c12. The van der Waals surface area contributed by atoms with Crippen LogP contribution in [-0.4, -0.2) is 68.3 Å². The summed E-state index contributed by atoms with van der Waals surface area (Å²) < 4.78 is 8.17. The van der Waals surface area contributed by atoms with Gasteiger partial charge >= 0.3 is 0 Å². The number of carbonyl (C=O) groups is 2. The van der Waals surface area contributed by atoms with Gasteiger partial charge in [-0.05, 0) is 49.5 Å². The number of hydrogen-bond acceptors (Lipinski definition) is 6. The number of nitrogens with zero attached hydrogens (tertiary/aromatic N) is 4. The Hall–Kier alpha value is -3.14. The highest BCUT2D eigenvalue weighted by Crippen LogP contribution is 2.39. The van der Waals surface area contributed by atoms with Gasteiger partial charge in [-0.2, -0.15) is 9.61 Å². The van der Waals surface area contributed by atoms with Gasteiger partial charge in [0.25, 0.3) is 11.5 Å². The Bertz CT molecular complexity index is 1230. The van der Waals surface area contributed by atoms with Gasteiger partial charge in [0, 0.05) is 50.5 Å². The molecule has 10 nitrogen and oxygen atoms in total. The third-order valence-corrected chi connectivity index (χ3v) is 7.31. The van der Waals surface area contributed by atoms with E-state index in [9.17, 15) is 19.5 Å². The monoisotopic (exact) mass is 483 g/mol. The van der Waals surface area contributed by atoms with Crippen molar-refractivity contribution in [3.63, 3.8) is 0 Å². The van der Waals surface area contributed by atoms with Crippen molar-refractivity contribution in [3.05, 3.63) is 33.8 Å². The molecule has 10 heteroatoms. The number of fused-ring (bicyclic) bond motifs is 1. The van der Waals surface area contributed by atoms with Crippen LogP contribution >= 0.6 is 0 Å². The minimum atomic E-state index is -0.590. The standard InChI is InChI=1S/C25H33N5O5/c1-16(2)14-29-22-17(3-6-19(31)28-10-7-25(15-28)8-11-35-12-9-25)13-26-30(22)24(34)20(23(29)33)21(32)27-18-4-5-18/h3,6,13,16,18,34H,4-5,7-12,14-15H2,1-2H3,(H,27,32). The molecule has 1 aliphatic carbocycles. The van der Waals surface area contributed by atoms with Gasteiger partial charge in [-0.15, -0.1) is 0 Å². The molecule has 1 spiro atoms. The van der Waals surface area contributed by atoms with Crippen LogP contribution in [0.4, 0.5) is 0 Å². The highest BCUT2D eigenvalue weighted by Gasteiger charge is 2.40. The molecule has 2 amide bonds. The fourth-order valence-corrected chi connectivity index (χ4v) is 5.15. The molecule has 0 atom stereocenters. The van der Waals surface area contributed by atoms with E-state index in [1.54, 1.807) is 6.08 Å². The summed E-state index contributed by atoms with van der Waals surface area (Å²) >= 11 is 0. The molecule has 4 heterocycles. The highest BCUT2D eigenvalue weighted by atomic mass is 16.5. The van der Waals surface area contributed by atoms with Crippen LogP contribution in [0, 0.1) is 11.3 Å². The zero-order chi connectivity index (χ0) is 24.7. The Labute approximate surface area is 203 Å². The van der Waals surface area contributed by atoms with Crippen molar-refractivity contribution in [1.82, 2.24) is 24.4 Å². The molecule has 35 heavy (non-hydrogen) atoms. The Morgan fingerprint density at radius 1 is 1.29 bits per heavy atom. The lowest BCUT2D eigenvalue weighted by molar-refractivity contribution is -0.125. The summed E-state index contributed by atoms with van der Waals surface area (Å²) in [6, 6.07) is 0.0449. The van der Waals surface area contributed by atoms with Crippen LogP contribution in [-0.2, 0) is 16.1 Å². The summed E-state index contributed by atoms with van der Waals surface area (Å²) in [6.07, 6.45) is 9.32. The molecule has 2 aromatic rings. The van der Waals surface area contributed by atoms with Gasteiger partial charge in [0.05, 0.1) is 6.20 Å². The van der Waals surface area contributed by atoms with Crippen molar-refractivity contribution < 1.29 is 19.4 Å². The number of aromatic hydroxyl groups is 1. The van der Waals surface area contributed by atoms with Crippen molar-refractivity contribution in [3.8, 4) is 5.88 Å². The van der Waals surface area contributed by atoms with Crippen LogP contribution in [0.2, 0.25) is 0 Å². The lowest BCUT2D eigenvalue weighted by atomic mass is 9.80. The van der Waals surface area contributed by atoms with Crippen LogP contribution < -0.4 is 10.9 Å². The van der Waals surface area contributed by atoms with Gasteiger partial charge in [0.1, 0.15) is 5.65 Å². The number of aromatic nitrogens is 3. The van der Waals surface area contributed by atoms with E-state index < -0.39 is 17.3 Å². The van der Waals surface area contributed by atoms with Crippen LogP contribution in [0.25, 0.3) is 11.7 Å². The zero-order valence-electron chi connectivity index (χ0n) is 20.3. The first kappa shape index (κ1) is 23.6. The number of hydrogen-bond donors (Lipinski definition) is 2. The van der Waals surface area contributed by atoms with Crippen molar-refractivity contribution >= 4 is 23.5 Å². The quantitative estimate of drug-likeness (QED) is 0.605. The summed E-state index contributed by atoms with van der Waals surface area (Å²) in [4.78, 5) is 40.9. The lowest BCUT2D eigenvalue weighted by Gasteiger charge is -2.32. The Morgan fingerprint density at radius 3 is 2.71 bits per heavy atom.